The Hall–Kier alpha value is -3.38. The fraction of sp³-hybridized carbons (Fsp3) is 0.360. The van der Waals surface area contributed by atoms with Gasteiger partial charge in [0, 0.05) is 36.4 Å². The van der Waals surface area contributed by atoms with Gasteiger partial charge in [-0.2, -0.15) is 0 Å². The molecule has 1 aliphatic rings. The zero-order chi connectivity index (χ0) is 26.9. The molecule has 2 aromatic carbocycles. The molecule has 1 aromatic heterocycles. The molecule has 0 saturated carbocycles. The highest BCUT2D eigenvalue weighted by Crippen LogP contribution is 2.39. The van der Waals surface area contributed by atoms with Gasteiger partial charge in [-0.25, -0.2) is 35.9 Å². The molecule has 0 saturated heterocycles. The fourth-order valence-electron chi connectivity index (χ4n) is 3.99. The predicted octanol–water partition coefficient (Wildman–Crippen LogP) is 4.69. The molecule has 0 radical (unpaired) electrons. The monoisotopic (exact) mass is 535 g/mol. The minimum absolute atomic E-state index is 0.0232. The van der Waals surface area contributed by atoms with Gasteiger partial charge in [-0.15, -0.1) is 0 Å². The highest BCUT2D eigenvalue weighted by molar-refractivity contribution is 7.88. The molecular weight excluding hydrogens is 507 g/mol. The largest absolute Gasteiger partial charge is 0.486 e. The van der Waals surface area contributed by atoms with E-state index in [9.17, 15) is 21.6 Å². The fourth-order valence-corrected chi connectivity index (χ4v) is 4.36. The van der Waals surface area contributed by atoms with Crippen LogP contribution >= 0.6 is 0 Å². The van der Waals surface area contributed by atoms with Crippen molar-refractivity contribution in [3.05, 3.63) is 59.5 Å². The summed E-state index contributed by atoms with van der Waals surface area (Å²) in [5.74, 6) is -1.90. The van der Waals surface area contributed by atoms with Crippen LogP contribution < -0.4 is 15.0 Å². The zero-order valence-corrected chi connectivity index (χ0v) is 21.7. The number of rotatable bonds is 8. The average molecular weight is 536 g/mol. The highest BCUT2D eigenvalue weighted by atomic mass is 32.2. The zero-order valence-electron chi connectivity index (χ0n) is 20.9. The standard InChI is InChI=1S/C25H28F3N5O3S/c1-5-15(2)33-8-9-36-24-20(27)10-17(11-22(24)33)23-21(28)13-29-25(31-23)30-18-7-6-16(19(26)12-18)14-32(3)37(4,34)35/h6-7,10-13,15H,5,8-9,14H2,1-4H3,(H,29,30,31). The van der Waals surface area contributed by atoms with Crippen molar-refractivity contribution in [1.29, 1.82) is 0 Å². The SMILES string of the molecule is CCC(C)N1CCOc2c(F)cc(-c3nc(Nc4ccc(CN(C)S(C)(=O)=O)c(F)c4)ncc3F)cc21. The van der Waals surface area contributed by atoms with Crippen LogP contribution in [0.25, 0.3) is 11.3 Å². The van der Waals surface area contributed by atoms with Gasteiger partial charge >= 0.3 is 0 Å². The quantitative estimate of drug-likeness (QED) is 0.448. The summed E-state index contributed by atoms with van der Waals surface area (Å²) >= 11 is 0. The molecule has 0 spiro atoms. The Kier molecular flexibility index (Phi) is 7.60. The summed E-state index contributed by atoms with van der Waals surface area (Å²) in [6.07, 6.45) is 2.82. The molecule has 1 atom stereocenters. The molecule has 0 bridgehead atoms. The molecule has 4 rings (SSSR count). The molecule has 12 heteroatoms. The summed E-state index contributed by atoms with van der Waals surface area (Å²) in [6.45, 7) is 4.84. The normalized spacial score (nSPS) is 14.3. The van der Waals surface area contributed by atoms with Crippen LogP contribution in [0.5, 0.6) is 5.75 Å². The molecule has 0 fully saturated rings. The number of hydrogen-bond acceptors (Lipinski definition) is 7. The minimum atomic E-state index is -3.47. The third-order valence-electron chi connectivity index (χ3n) is 6.32. The third-order valence-corrected chi connectivity index (χ3v) is 7.58. The van der Waals surface area contributed by atoms with Crippen LogP contribution in [0.2, 0.25) is 0 Å². The second-order valence-corrected chi connectivity index (χ2v) is 11.0. The van der Waals surface area contributed by atoms with Gasteiger partial charge in [0.05, 0.1) is 24.7 Å². The average Bonchev–Trinajstić information content (AvgIpc) is 2.85. The van der Waals surface area contributed by atoms with Crippen molar-refractivity contribution < 1.29 is 26.3 Å². The lowest BCUT2D eigenvalue weighted by Crippen LogP contribution is -2.39. The van der Waals surface area contributed by atoms with Crippen molar-refractivity contribution in [3.8, 4) is 17.0 Å². The predicted molar refractivity (Wildman–Crippen MR) is 136 cm³/mol. The Morgan fingerprint density at radius 2 is 1.92 bits per heavy atom. The summed E-state index contributed by atoms with van der Waals surface area (Å²) in [4.78, 5) is 10.2. The third kappa shape index (κ3) is 5.80. The number of ether oxygens (including phenoxy) is 1. The van der Waals surface area contributed by atoms with Gasteiger partial charge in [-0.1, -0.05) is 13.0 Å². The second-order valence-electron chi connectivity index (χ2n) is 8.95. The van der Waals surface area contributed by atoms with Gasteiger partial charge < -0.3 is 15.0 Å². The number of fused-ring (bicyclic) bond motifs is 1. The molecular formula is C25H28F3N5O3S. The molecule has 37 heavy (non-hydrogen) atoms. The van der Waals surface area contributed by atoms with E-state index in [-0.39, 0.29) is 46.8 Å². The van der Waals surface area contributed by atoms with Gasteiger partial charge in [-0.05, 0) is 37.6 Å². The number of nitrogens with one attached hydrogen (secondary N) is 1. The highest BCUT2D eigenvalue weighted by Gasteiger charge is 2.26. The number of aromatic nitrogens is 2. The molecule has 1 unspecified atom stereocenters. The van der Waals surface area contributed by atoms with Gasteiger partial charge in [0.25, 0.3) is 0 Å². The number of nitrogens with zero attached hydrogens (tertiary/aromatic N) is 4. The summed E-state index contributed by atoms with van der Waals surface area (Å²) in [5, 5.41) is 2.82. The lowest BCUT2D eigenvalue weighted by atomic mass is 10.1. The Labute approximate surface area is 214 Å². The van der Waals surface area contributed by atoms with Crippen molar-refractivity contribution in [3.63, 3.8) is 0 Å². The molecule has 2 heterocycles. The number of benzene rings is 2. The lowest BCUT2D eigenvalue weighted by molar-refractivity contribution is 0.285. The molecule has 1 N–H and O–H groups in total. The Morgan fingerprint density at radius 1 is 1.16 bits per heavy atom. The van der Waals surface area contributed by atoms with E-state index in [4.69, 9.17) is 4.74 Å². The van der Waals surface area contributed by atoms with Gasteiger partial charge in [-0.3, -0.25) is 0 Å². The summed E-state index contributed by atoms with van der Waals surface area (Å²) in [7, 11) is -2.12. The molecule has 1 aliphatic heterocycles. The molecule has 0 aliphatic carbocycles. The van der Waals surface area contributed by atoms with E-state index >= 15 is 0 Å². The smallest absolute Gasteiger partial charge is 0.227 e. The Balaban J connectivity index is 1.63. The van der Waals surface area contributed by atoms with E-state index in [2.05, 4.69) is 15.3 Å². The number of hydrogen-bond donors (Lipinski definition) is 1. The lowest BCUT2D eigenvalue weighted by Gasteiger charge is -2.36. The van der Waals surface area contributed by atoms with E-state index in [0.717, 1.165) is 29.2 Å². The van der Waals surface area contributed by atoms with Crippen molar-refractivity contribution in [2.45, 2.75) is 32.9 Å². The maximum atomic E-state index is 15.0. The van der Waals surface area contributed by atoms with Crippen LogP contribution in [0.4, 0.5) is 30.5 Å². The van der Waals surface area contributed by atoms with Gasteiger partial charge in [0.2, 0.25) is 16.0 Å². The Morgan fingerprint density at radius 3 is 2.59 bits per heavy atom. The van der Waals surface area contributed by atoms with Crippen molar-refractivity contribution >= 4 is 27.3 Å². The molecule has 8 nitrogen and oxygen atoms in total. The van der Waals surface area contributed by atoms with Crippen LogP contribution in [0.15, 0.2) is 36.5 Å². The van der Waals surface area contributed by atoms with E-state index < -0.39 is 27.5 Å². The molecule has 198 valence electrons. The van der Waals surface area contributed by atoms with Gasteiger partial charge in [0.1, 0.15) is 18.1 Å². The molecule has 3 aromatic rings. The van der Waals surface area contributed by atoms with E-state index in [0.29, 0.717) is 18.8 Å². The van der Waals surface area contributed by atoms with Crippen LogP contribution in [0, 0.1) is 17.5 Å². The summed E-state index contributed by atoms with van der Waals surface area (Å²) < 4.78 is 74.2. The number of sulfonamides is 1. The first-order valence-electron chi connectivity index (χ1n) is 11.7. The molecule has 0 amide bonds. The van der Waals surface area contributed by atoms with Crippen LogP contribution in [-0.2, 0) is 16.6 Å². The van der Waals surface area contributed by atoms with Gasteiger partial charge in [0.15, 0.2) is 17.4 Å². The maximum absolute atomic E-state index is 15.0. The van der Waals surface area contributed by atoms with Crippen molar-refractivity contribution in [1.82, 2.24) is 14.3 Å². The topological polar surface area (TPSA) is 87.7 Å². The van der Waals surface area contributed by atoms with E-state index in [1.54, 1.807) is 6.07 Å². The van der Waals surface area contributed by atoms with Crippen molar-refractivity contribution in [2.24, 2.45) is 0 Å². The first kappa shape index (κ1) is 26.7. The van der Waals surface area contributed by atoms with Crippen molar-refractivity contribution in [2.75, 3.05) is 36.7 Å². The first-order chi connectivity index (χ1) is 17.5. The maximum Gasteiger partial charge on any atom is 0.227 e. The van der Waals surface area contributed by atoms with Crippen LogP contribution in [-0.4, -0.2) is 55.2 Å². The van der Waals surface area contributed by atoms with E-state index in [1.807, 2.05) is 18.7 Å². The van der Waals surface area contributed by atoms with E-state index in [1.165, 1.54) is 25.2 Å². The van der Waals surface area contributed by atoms with Crippen LogP contribution in [0.3, 0.4) is 0 Å². The first-order valence-corrected chi connectivity index (χ1v) is 13.6. The number of halogens is 3. The number of anilines is 3. The summed E-state index contributed by atoms with van der Waals surface area (Å²) in [6, 6.07) is 7.07. The minimum Gasteiger partial charge on any atom is -0.486 e. The summed E-state index contributed by atoms with van der Waals surface area (Å²) in [5.41, 5.74) is 1.06. The Bertz CT molecular complexity index is 1420. The van der Waals surface area contributed by atoms with Crippen LogP contribution in [0.1, 0.15) is 25.8 Å². The second kappa shape index (κ2) is 10.5.